The van der Waals surface area contributed by atoms with E-state index in [0.717, 1.165) is 5.56 Å². The Morgan fingerprint density at radius 2 is 1.30 bits per heavy atom. The van der Waals surface area contributed by atoms with Crippen LogP contribution in [0.3, 0.4) is 0 Å². The molecule has 4 aromatic carbocycles. The van der Waals surface area contributed by atoms with Gasteiger partial charge in [0.15, 0.2) is 0 Å². The van der Waals surface area contributed by atoms with Gasteiger partial charge in [0.05, 0.1) is 0 Å². The molecule has 20 heavy (non-hydrogen) atoms. The molecular formula is C20H12. The van der Waals surface area contributed by atoms with Gasteiger partial charge in [-0.25, -0.2) is 0 Å². The van der Waals surface area contributed by atoms with Crippen molar-refractivity contribution in [2.45, 2.75) is 0 Å². The molecule has 0 fully saturated rings. The molecule has 0 heteroatoms. The molecule has 0 aliphatic heterocycles. The van der Waals surface area contributed by atoms with Crippen molar-refractivity contribution >= 4 is 21.5 Å². The molecule has 4 rings (SSSR count). The van der Waals surface area contributed by atoms with Crippen LogP contribution < -0.4 is 0 Å². The second-order valence-electron chi connectivity index (χ2n) is 4.90. The van der Waals surface area contributed by atoms with Gasteiger partial charge < -0.3 is 0 Å². The Balaban J connectivity index is 2.12. The maximum absolute atomic E-state index is 3.29. The topological polar surface area (TPSA) is 0 Å². The lowest BCUT2D eigenvalue weighted by Crippen LogP contribution is -1.84. The molecule has 92 valence electrons. The van der Waals surface area contributed by atoms with Gasteiger partial charge in [0, 0.05) is 0 Å². The predicted molar refractivity (Wildman–Crippen MR) is 84.6 cm³/mol. The zero-order valence-electron chi connectivity index (χ0n) is 10.9. The lowest BCUT2D eigenvalue weighted by Gasteiger charge is -2.09. The number of hydrogen-bond acceptors (Lipinski definition) is 0. The highest BCUT2D eigenvalue weighted by Gasteiger charge is 2.07. The SMILES string of the molecule is [c]1[c]c(-c2cccc3ccccc23)c2ccccc2c1. The third-order valence-corrected chi connectivity index (χ3v) is 3.71. The Hall–Kier alpha value is -2.60. The van der Waals surface area contributed by atoms with Crippen LogP contribution >= 0.6 is 0 Å². The number of hydrogen-bond donors (Lipinski definition) is 0. The lowest BCUT2D eigenvalue weighted by atomic mass is 9.94. The van der Waals surface area contributed by atoms with E-state index in [-0.39, 0.29) is 0 Å². The van der Waals surface area contributed by atoms with Crippen LogP contribution in [-0.4, -0.2) is 0 Å². The van der Waals surface area contributed by atoms with Crippen molar-refractivity contribution in [3.8, 4) is 11.1 Å². The molecular weight excluding hydrogens is 240 g/mol. The molecule has 0 heterocycles. The fourth-order valence-electron chi connectivity index (χ4n) is 2.76. The van der Waals surface area contributed by atoms with E-state index in [1.165, 1.54) is 27.1 Å². The molecule has 0 amide bonds. The highest BCUT2D eigenvalue weighted by Crippen LogP contribution is 2.33. The van der Waals surface area contributed by atoms with Crippen molar-refractivity contribution in [1.29, 1.82) is 0 Å². The van der Waals surface area contributed by atoms with Crippen LogP contribution in [-0.2, 0) is 0 Å². The minimum atomic E-state index is 1.12. The van der Waals surface area contributed by atoms with Crippen LogP contribution in [0, 0.1) is 12.1 Å². The molecule has 0 N–H and O–H groups in total. The third-order valence-electron chi connectivity index (χ3n) is 3.71. The summed E-state index contributed by atoms with van der Waals surface area (Å²) < 4.78 is 0. The van der Waals surface area contributed by atoms with Crippen molar-refractivity contribution in [2.24, 2.45) is 0 Å². The quantitative estimate of drug-likeness (QED) is 0.433. The van der Waals surface area contributed by atoms with Crippen LogP contribution in [0.15, 0.2) is 72.8 Å². The Bertz CT molecular complexity index is 816. The summed E-state index contributed by atoms with van der Waals surface area (Å²) in [6, 6.07) is 31.7. The Labute approximate surface area is 118 Å². The van der Waals surface area contributed by atoms with E-state index in [0.29, 0.717) is 0 Å². The fourth-order valence-corrected chi connectivity index (χ4v) is 2.76. The average molecular weight is 252 g/mol. The van der Waals surface area contributed by atoms with Gasteiger partial charge in [-0.15, -0.1) is 0 Å². The Morgan fingerprint density at radius 1 is 0.600 bits per heavy atom. The monoisotopic (exact) mass is 252 g/mol. The summed E-state index contributed by atoms with van der Waals surface area (Å²) >= 11 is 0. The van der Waals surface area contributed by atoms with Gasteiger partial charge in [-0.1, -0.05) is 66.7 Å². The average Bonchev–Trinajstić information content (AvgIpc) is 2.54. The zero-order valence-corrected chi connectivity index (χ0v) is 10.9. The number of rotatable bonds is 1. The van der Waals surface area contributed by atoms with Gasteiger partial charge in [-0.05, 0) is 50.9 Å². The number of fused-ring (bicyclic) bond motifs is 2. The second kappa shape index (κ2) is 4.50. The van der Waals surface area contributed by atoms with Crippen LogP contribution in [0.1, 0.15) is 0 Å². The van der Waals surface area contributed by atoms with Crippen molar-refractivity contribution in [1.82, 2.24) is 0 Å². The molecule has 4 aromatic rings. The van der Waals surface area contributed by atoms with Gasteiger partial charge in [0.2, 0.25) is 0 Å². The Kier molecular flexibility index (Phi) is 2.53. The highest BCUT2D eigenvalue weighted by molar-refractivity contribution is 6.05. The first-order valence-corrected chi connectivity index (χ1v) is 6.73. The first-order chi connectivity index (χ1) is 9.93. The largest absolute Gasteiger partial charge is 0.0616 e. The van der Waals surface area contributed by atoms with E-state index >= 15 is 0 Å². The normalized spacial score (nSPS) is 11.0. The van der Waals surface area contributed by atoms with E-state index < -0.39 is 0 Å². The van der Waals surface area contributed by atoms with Crippen molar-refractivity contribution in [3.63, 3.8) is 0 Å². The van der Waals surface area contributed by atoms with Crippen LogP contribution in [0.2, 0.25) is 0 Å². The summed E-state index contributed by atoms with van der Waals surface area (Å²) in [5, 5.41) is 4.94. The zero-order chi connectivity index (χ0) is 13.4. The summed E-state index contributed by atoms with van der Waals surface area (Å²) in [6.45, 7) is 0. The van der Waals surface area contributed by atoms with E-state index in [1.54, 1.807) is 0 Å². The van der Waals surface area contributed by atoms with Crippen molar-refractivity contribution in [2.75, 3.05) is 0 Å². The van der Waals surface area contributed by atoms with E-state index in [4.69, 9.17) is 0 Å². The van der Waals surface area contributed by atoms with Crippen molar-refractivity contribution in [3.05, 3.63) is 84.9 Å². The lowest BCUT2D eigenvalue weighted by molar-refractivity contribution is 1.67. The summed E-state index contributed by atoms with van der Waals surface area (Å²) in [7, 11) is 0. The molecule has 0 atom stereocenters. The van der Waals surface area contributed by atoms with Crippen LogP contribution in [0.5, 0.6) is 0 Å². The first kappa shape index (κ1) is 11.2. The standard InChI is InChI=1S/C20H12/c1-3-11-17-15(7-1)9-5-13-19(17)20-14-6-10-16-8-2-4-12-18(16)20/h1-5,7-13H. The van der Waals surface area contributed by atoms with E-state index in [2.05, 4.69) is 78.9 Å². The van der Waals surface area contributed by atoms with E-state index in [9.17, 15) is 0 Å². The summed E-state index contributed by atoms with van der Waals surface area (Å²) in [4.78, 5) is 0. The summed E-state index contributed by atoms with van der Waals surface area (Å²) in [5.41, 5.74) is 2.34. The predicted octanol–water partition coefficient (Wildman–Crippen LogP) is 5.26. The smallest absolute Gasteiger partial charge is 0.000719 e. The molecule has 0 aliphatic rings. The van der Waals surface area contributed by atoms with Gasteiger partial charge >= 0.3 is 0 Å². The van der Waals surface area contributed by atoms with Gasteiger partial charge in [-0.3, -0.25) is 0 Å². The molecule has 0 unspecified atom stereocenters. The van der Waals surface area contributed by atoms with Gasteiger partial charge in [0.25, 0.3) is 0 Å². The van der Waals surface area contributed by atoms with Gasteiger partial charge in [0.1, 0.15) is 0 Å². The minimum absolute atomic E-state index is 1.12. The third kappa shape index (κ3) is 1.70. The molecule has 0 aromatic heterocycles. The molecule has 0 saturated carbocycles. The molecule has 0 saturated heterocycles. The number of benzene rings is 4. The fraction of sp³-hybridized carbons (Fsp3) is 0. The van der Waals surface area contributed by atoms with Crippen LogP contribution in [0.25, 0.3) is 32.7 Å². The Morgan fingerprint density at radius 3 is 2.20 bits per heavy atom. The maximum Gasteiger partial charge on any atom is -0.000719 e. The molecule has 0 aliphatic carbocycles. The van der Waals surface area contributed by atoms with E-state index in [1.807, 2.05) is 6.07 Å². The minimum Gasteiger partial charge on any atom is -0.0616 e. The molecule has 0 bridgehead atoms. The summed E-state index contributed by atoms with van der Waals surface area (Å²) in [5.74, 6) is 0. The molecule has 0 nitrogen and oxygen atoms in total. The molecule has 0 spiro atoms. The maximum atomic E-state index is 3.29. The van der Waals surface area contributed by atoms with Gasteiger partial charge in [-0.2, -0.15) is 0 Å². The summed E-state index contributed by atoms with van der Waals surface area (Å²) in [6.07, 6.45) is 0. The second-order valence-corrected chi connectivity index (χ2v) is 4.90. The first-order valence-electron chi connectivity index (χ1n) is 6.73. The molecule has 2 radical (unpaired) electrons. The van der Waals surface area contributed by atoms with Crippen LogP contribution in [0.4, 0.5) is 0 Å². The van der Waals surface area contributed by atoms with Crippen molar-refractivity contribution < 1.29 is 0 Å². The highest BCUT2D eigenvalue weighted by atomic mass is 14.1.